The van der Waals surface area contributed by atoms with Crippen molar-refractivity contribution in [1.82, 2.24) is 5.32 Å². The van der Waals surface area contributed by atoms with Crippen LogP contribution >= 0.6 is 23.4 Å². The Kier molecular flexibility index (Phi) is 8.57. The van der Waals surface area contributed by atoms with Crippen molar-refractivity contribution in [1.29, 1.82) is 0 Å². The third kappa shape index (κ3) is 7.30. The molecular weight excluding hydrogens is 262 g/mol. The zero-order valence-electron chi connectivity index (χ0n) is 11.4. The molecule has 0 saturated heterocycles. The normalized spacial score (nSPS) is 12.6. The summed E-state index contributed by atoms with van der Waals surface area (Å²) in [5, 5.41) is 4.38. The summed E-state index contributed by atoms with van der Waals surface area (Å²) in [5.74, 6) is 1.11. The highest BCUT2D eigenvalue weighted by Gasteiger charge is 2.00. The van der Waals surface area contributed by atoms with E-state index in [2.05, 4.69) is 31.3 Å². The summed E-state index contributed by atoms with van der Waals surface area (Å²) in [6.45, 7) is 5.60. The lowest BCUT2D eigenvalue weighted by molar-refractivity contribution is 0.502. The van der Waals surface area contributed by atoms with Gasteiger partial charge < -0.3 is 5.32 Å². The molecule has 1 nitrogen and oxygen atoms in total. The molecule has 0 aliphatic heterocycles. The predicted octanol–water partition coefficient (Wildman–Crippen LogP) is 4.99. The molecule has 3 heteroatoms. The molecule has 0 aliphatic carbocycles. The minimum absolute atomic E-state index is 0.641. The third-order valence-corrected chi connectivity index (χ3v) is 4.18. The highest BCUT2D eigenvalue weighted by Crippen LogP contribution is 2.19. The van der Waals surface area contributed by atoms with Crippen molar-refractivity contribution in [2.24, 2.45) is 0 Å². The molecule has 0 aliphatic rings. The molecule has 1 unspecified atom stereocenters. The van der Waals surface area contributed by atoms with Gasteiger partial charge in [-0.25, -0.2) is 0 Å². The molecule has 1 atom stereocenters. The molecule has 0 heterocycles. The monoisotopic (exact) mass is 285 g/mol. The van der Waals surface area contributed by atoms with E-state index in [1.165, 1.54) is 30.6 Å². The molecule has 0 bridgehead atoms. The molecule has 1 aromatic carbocycles. The fourth-order valence-electron chi connectivity index (χ4n) is 1.81. The van der Waals surface area contributed by atoms with Crippen LogP contribution in [0.15, 0.2) is 29.2 Å². The largest absolute Gasteiger partial charge is 0.313 e. The maximum atomic E-state index is 5.85. The average Bonchev–Trinajstić information content (AvgIpc) is 2.37. The number of unbranched alkanes of at least 4 members (excludes halogenated alkanes) is 2. The van der Waals surface area contributed by atoms with E-state index >= 15 is 0 Å². The number of halogens is 1. The molecule has 0 amide bonds. The van der Waals surface area contributed by atoms with Crippen LogP contribution in [0.2, 0.25) is 5.02 Å². The van der Waals surface area contributed by atoms with E-state index in [1.54, 1.807) is 0 Å². The number of rotatable bonds is 9. The Hall–Kier alpha value is -0.180. The Morgan fingerprint density at radius 3 is 2.61 bits per heavy atom. The molecule has 0 spiro atoms. The van der Waals surface area contributed by atoms with Crippen molar-refractivity contribution in [2.45, 2.75) is 50.5 Å². The first-order chi connectivity index (χ1) is 8.72. The Morgan fingerprint density at radius 1 is 1.22 bits per heavy atom. The highest BCUT2D eigenvalue weighted by molar-refractivity contribution is 7.99. The van der Waals surface area contributed by atoms with Gasteiger partial charge in [0.05, 0.1) is 0 Å². The van der Waals surface area contributed by atoms with Gasteiger partial charge in [0, 0.05) is 28.3 Å². The maximum Gasteiger partial charge on any atom is 0.0406 e. The van der Waals surface area contributed by atoms with Gasteiger partial charge in [0.2, 0.25) is 0 Å². The van der Waals surface area contributed by atoms with E-state index < -0.39 is 0 Å². The van der Waals surface area contributed by atoms with E-state index in [9.17, 15) is 0 Å². The smallest absolute Gasteiger partial charge is 0.0406 e. The van der Waals surface area contributed by atoms with Gasteiger partial charge in [0.25, 0.3) is 0 Å². The van der Waals surface area contributed by atoms with Crippen molar-refractivity contribution >= 4 is 23.4 Å². The fraction of sp³-hybridized carbons (Fsp3) is 0.600. The minimum Gasteiger partial charge on any atom is -0.313 e. The second-order valence-corrected chi connectivity index (χ2v) is 6.26. The van der Waals surface area contributed by atoms with Crippen LogP contribution in [-0.2, 0) is 0 Å². The second kappa shape index (κ2) is 9.71. The Balaban J connectivity index is 2.05. The lowest BCUT2D eigenvalue weighted by Gasteiger charge is -2.13. The van der Waals surface area contributed by atoms with Crippen molar-refractivity contribution in [2.75, 3.05) is 12.3 Å². The molecule has 1 rings (SSSR count). The van der Waals surface area contributed by atoms with E-state index in [4.69, 9.17) is 11.6 Å². The van der Waals surface area contributed by atoms with Crippen molar-refractivity contribution in [3.63, 3.8) is 0 Å². The van der Waals surface area contributed by atoms with E-state index in [0.717, 1.165) is 17.3 Å². The number of nitrogens with one attached hydrogen (secondary N) is 1. The molecule has 18 heavy (non-hydrogen) atoms. The van der Waals surface area contributed by atoms with Gasteiger partial charge in [0.1, 0.15) is 0 Å². The summed E-state index contributed by atoms with van der Waals surface area (Å²) in [6, 6.07) is 8.70. The highest BCUT2D eigenvalue weighted by atomic mass is 35.5. The summed E-state index contributed by atoms with van der Waals surface area (Å²) in [5.41, 5.74) is 0. The molecule has 0 fully saturated rings. The first-order valence-electron chi connectivity index (χ1n) is 6.84. The summed E-state index contributed by atoms with van der Waals surface area (Å²) in [7, 11) is 0. The van der Waals surface area contributed by atoms with Gasteiger partial charge in [-0.2, -0.15) is 0 Å². The number of benzene rings is 1. The maximum absolute atomic E-state index is 5.85. The van der Waals surface area contributed by atoms with Crippen molar-refractivity contribution in [3.8, 4) is 0 Å². The number of hydrogen-bond donors (Lipinski definition) is 1. The first-order valence-corrected chi connectivity index (χ1v) is 8.20. The molecule has 0 saturated carbocycles. The van der Waals surface area contributed by atoms with Gasteiger partial charge in [-0.15, -0.1) is 11.8 Å². The zero-order chi connectivity index (χ0) is 13.2. The average molecular weight is 286 g/mol. The quantitative estimate of drug-likeness (QED) is 0.507. The van der Waals surface area contributed by atoms with Gasteiger partial charge in [-0.05, 0) is 37.6 Å². The lowest BCUT2D eigenvalue weighted by Crippen LogP contribution is -2.28. The van der Waals surface area contributed by atoms with Crippen LogP contribution in [0.5, 0.6) is 0 Å². The second-order valence-electron chi connectivity index (χ2n) is 4.65. The number of hydrogen-bond acceptors (Lipinski definition) is 2. The Labute approximate surface area is 121 Å². The van der Waals surface area contributed by atoms with Crippen LogP contribution < -0.4 is 5.32 Å². The van der Waals surface area contributed by atoms with Crippen LogP contribution in [0.1, 0.15) is 39.5 Å². The summed E-state index contributed by atoms with van der Waals surface area (Å²) < 4.78 is 0. The molecule has 0 aromatic heterocycles. The summed E-state index contributed by atoms with van der Waals surface area (Å²) >= 11 is 7.73. The van der Waals surface area contributed by atoms with E-state index in [0.29, 0.717) is 6.04 Å². The molecular formula is C15H24ClNS. The van der Waals surface area contributed by atoms with Crippen LogP contribution in [0, 0.1) is 0 Å². The minimum atomic E-state index is 0.641. The van der Waals surface area contributed by atoms with Crippen LogP contribution in [-0.4, -0.2) is 18.3 Å². The fourth-order valence-corrected chi connectivity index (χ4v) is 2.72. The molecule has 102 valence electrons. The van der Waals surface area contributed by atoms with Gasteiger partial charge in [-0.3, -0.25) is 0 Å². The Bertz CT molecular complexity index is 313. The molecule has 1 aromatic rings. The van der Waals surface area contributed by atoms with Gasteiger partial charge in [-0.1, -0.05) is 37.8 Å². The van der Waals surface area contributed by atoms with Crippen molar-refractivity contribution in [3.05, 3.63) is 29.3 Å². The van der Waals surface area contributed by atoms with E-state index in [1.807, 2.05) is 23.9 Å². The standard InChI is InChI=1S/C15H24ClNS/c1-3-4-5-6-13(2)17-11-12-18-15-9-7-14(16)8-10-15/h7-10,13,17H,3-6,11-12H2,1-2H3. The first kappa shape index (κ1) is 15.9. The lowest BCUT2D eigenvalue weighted by atomic mass is 10.1. The van der Waals surface area contributed by atoms with Crippen LogP contribution in [0.4, 0.5) is 0 Å². The van der Waals surface area contributed by atoms with E-state index in [-0.39, 0.29) is 0 Å². The third-order valence-electron chi connectivity index (χ3n) is 2.92. The Morgan fingerprint density at radius 2 is 1.94 bits per heavy atom. The topological polar surface area (TPSA) is 12.0 Å². The SMILES string of the molecule is CCCCCC(C)NCCSc1ccc(Cl)cc1. The van der Waals surface area contributed by atoms with Crippen LogP contribution in [0.3, 0.4) is 0 Å². The summed E-state index contributed by atoms with van der Waals surface area (Å²) in [4.78, 5) is 1.29. The number of thioether (sulfide) groups is 1. The molecule has 1 N–H and O–H groups in total. The van der Waals surface area contributed by atoms with Gasteiger partial charge >= 0.3 is 0 Å². The van der Waals surface area contributed by atoms with Gasteiger partial charge in [0.15, 0.2) is 0 Å². The summed E-state index contributed by atoms with van der Waals surface area (Å²) in [6.07, 6.45) is 5.29. The zero-order valence-corrected chi connectivity index (χ0v) is 13.0. The van der Waals surface area contributed by atoms with Crippen LogP contribution in [0.25, 0.3) is 0 Å². The van der Waals surface area contributed by atoms with Crippen molar-refractivity contribution < 1.29 is 0 Å². The predicted molar refractivity (Wildman–Crippen MR) is 83.8 cm³/mol. The molecule has 0 radical (unpaired) electrons.